The van der Waals surface area contributed by atoms with E-state index in [9.17, 15) is 5.11 Å². The van der Waals surface area contributed by atoms with Gasteiger partial charge in [0.1, 0.15) is 11.4 Å². The summed E-state index contributed by atoms with van der Waals surface area (Å²) < 4.78 is 5.27. The second kappa shape index (κ2) is 6.28. The van der Waals surface area contributed by atoms with Crippen molar-refractivity contribution in [2.75, 3.05) is 25.1 Å². The predicted octanol–water partition coefficient (Wildman–Crippen LogP) is 3.08. The Morgan fingerprint density at radius 2 is 2.11 bits per heavy atom. The number of aliphatic hydroxyl groups excluding tert-OH is 1. The molecule has 138 valence electrons. The van der Waals surface area contributed by atoms with Crippen molar-refractivity contribution in [2.24, 2.45) is 0 Å². The van der Waals surface area contributed by atoms with E-state index < -0.39 is 0 Å². The van der Waals surface area contributed by atoms with Gasteiger partial charge in [0.05, 0.1) is 29.8 Å². The fraction of sp³-hybridized carbons (Fsp3) is 0.300. The standard InChI is InChI=1S/C20H21N5O2/c1-27-14-5-6-15-17(10-14)23-24-19(15)20-21-16-7-4-12(9-18(16)22-20)25-8-2-3-13(26)11-25/h4-7,9-10,13,26H,2-3,8,11H2,1H3,(H,21,22)(H,23,24). The molecule has 3 N–H and O–H groups in total. The molecule has 0 spiro atoms. The highest BCUT2D eigenvalue weighted by Gasteiger charge is 2.19. The summed E-state index contributed by atoms with van der Waals surface area (Å²) >= 11 is 0. The first-order valence-electron chi connectivity index (χ1n) is 9.16. The van der Waals surface area contributed by atoms with Crippen molar-refractivity contribution in [1.29, 1.82) is 0 Å². The number of rotatable bonds is 3. The van der Waals surface area contributed by atoms with Gasteiger partial charge in [0, 0.05) is 30.2 Å². The van der Waals surface area contributed by atoms with Crippen molar-refractivity contribution >= 4 is 27.6 Å². The number of benzene rings is 2. The molecule has 7 heteroatoms. The van der Waals surface area contributed by atoms with E-state index in [0.717, 1.165) is 64.3 Å². The molecule has 0 amide bonds. The van der Waals surface area contributed by atoms with Crippen LogP contribution in [-0.4, -0.2) is 51.6 Å². The van der Waals surface area contributed by atoms with Gasteiger partial charge in [-0.25, -0.2) is 4.98 Å². The zero-order chi connectivity index (χ0) is 18.4. The van der Waals surface area contributed by atoms with Gasteiger partial charge in [0.25, 0.3) is 0 Å². The number of β-amino-alcohol motifs (C(OH)–C–C–N with tert-alkyl or cyclic N) is 1. The monoisotopic (exact) mass is 363 g/mol. The smallest absolute Gasteiger partial charge is 0.159 e. The molecule has 2 aromatic carbocycles. The molecule has 2 aromatic heterocycles. The van der Waals surface area contributed by atoms with Crippen LogP contribution >= 0.6 is 0 Å². The number of imidazole rings is 1. The molecule has 1 aliphatic heterocycles. The van der Waals surface area contributed by atoms with Crippen molar-refractivity contribution < 1.29 is 9.84 Å². The number of aromatic amines is 2. The number of hydrogen-bond donors (Lipinski definition) is 3. The molecule has 5 rings (SSSR count). The fourth-order valence-electron chi connectivity index (χ4n) is 3.80. The Labute approximate surface area is 156 Å². The summed E-state index contributed by atoms with van der Waals surface area (Å²) in [5.74, 6) is 1.52. The largest absolute Gasteiger partial charge is 0.497 e. The molecular weight excluding hydrogens is 342 g/mol. The Morgan fingerprint density at radius 1 is 1.19 bits per heavy atom. The Balaban J connectivity index is 1.53. The average molecular weight is 363 g/mol. The van der Waals surface area contributed by atoms with Crippen molar-refractivity contribution in [1.82, 2.24) is 20.2 Å². The number of ether oxygens (including phenoxy) is 1. The summed E-state index contributed by atoms with van der Waals surface area (Å²) in [6, 6.07) is 12.0. The van der Waals surface area contributed by atoms with E-state index in [1.54, 1.807) is 7.11 Å². The Kier molecular flexibility index (Phi) is 3.75. The highest BCUT2D eigenvalue weighted by atomic mass is 16.5. The molecule has 0 saturated carbocycles. The van der Waals surface area contributed by atoms with Crippen LogP contribution in [0.2, 0.25) is 0 Å². The first kappa shape index (κ1) is 16.1. The first-order chi connectivity index (χ1) is 13.2. The highest BCUT2D eigenvalue weighted by Crippen LogP contribution is 2.30. The van der Waals surface area contributed by atoms with Gasteiger partial charge in [-0.3, -0.25) is 5.10 Å². The van der Waals surface area contributed by atoms with E-state index in [4.69, 9.17) is 9.72 Å². The predicted molar refractivity (Wildman–Crippen MR) is 105 cm³/mol. The summed E-state index contributed by atoms with van der Waals surface area (Å²) in [5.41, 5.74) is 4.67. The summed E-state index contributed by atoms with van der Waals surface area (Å²) in [5, 5.41) is 18.4. The van der Waals surface area contributed by atoms with Crippen LogP contribution in [0.5, 0.6) is 5.75 Å². The Bertz CT molecular complexity index is 1120. The second-order valence-electron chi connectivity index (χ2n) is 7.01. The number of piperidine rings is 1. The van der Waals surface area contributed by atoms with Gasteiger partial charge < -0.3 is 19.7 Å². The molecule has 27 heavy (non-hydrogen) atoms. The first-order valence-corrected chi connectivity index (χ1v) is 9.16. The lowest BCUT2D eigenvalue weighted by Crippen LogP contribution is -2.38. The lowest BCUT2D eigenvalue weighted by molar-refractivity contribution is 0.154. The molecule has 1 saturated heterocycles. The summed E-state index contributed by atoms with van der Waals surface area (Å²) in [7, 11) is 1.65. The Morgan fingerprint density at radius 3 is 2.96 bits per heavy atom. The van der Waals surface area contributed by atoms with Crippen molar-refractivity contribution in [3.63, 3.8) is 0 Å². The molecule has 1 atom stereocenters. The number of aliphatic hydroxyl groups is 1. The molecule has 4 aromatic rings. The van der Waals surface area contributed by atoms with Crippen molar-refractivity contribution in [3.05, 3.63) is 36.4 Å². The van der Waals surface area contributed by atoms with Crippen LogP contribution in [0.3, 0.4) is 0 Å². The lowest BCUT2D eigenvalue weighted by atomic mass is 10.1. The maximum absolute atomic E-state index is 9.94. The van der Waals surface area contributed by atoms with Crippen LogP contribution in [0.25, 0.3) is 33.5 Å². The molecule has 1 unspecified atom stereocenters. The molecule has 0 aliphatic carbocycles. The minimum absolute atomic E-state index is 0.251. The summed E-state index contributed by atoms with van der Waals surface area (Å²) in [6.45, 7) is 1.65. The summed E-state index contributed by atoms with van der Waals surface area (Å²) in [4.78, 5) is 10.3. The topological polar surface area (TPSA) is 90.1 Å². The van der Waals surface area contributed by atoms with E-state index >= 15 is 0 Å². The maximum Gasteiger partial charge on any atom is 0.159 e. The molecule has 3 heterocycles. The lowest BCUT2D eigenvalue weighted by Gasteiger charge is -2.31. The minimum atomic E-state index is -0.251. The van der Waals surface area contributed by atoms with Crippen LogP contribution in [0.15, 0.2) is 36.4 Å². The average Bonchev–Trinajstić information content (AvgIpc) is 3.30. The van der Waals surface area contributed by atoms with Crippen LogP contribution in [0.1, 0.15) is 12.8 Å². The third-order valence-electron chi connectivity index (χ3n) is 5.22. The molecule has 0 bridgehead atoms. The van der Waals surface area contributed by atoms with E-state index in [1.165, 1.54) is 0 Å². The van der Waals surface area contributed by atoms with Gasteiger partial charge >= 0.3 is 0 Å². The highest BCUT2D eigenvalue weighted by molar-refractivity contribution is 5.94. The maximum atomic E-state index is 9.94. The Hall–Kier alpha value is -3.06. The molecule has 1 fully saturated rings. The zero-order valence-electron chi connectivity index (χ0n) is 15.1. The van der Waals surface area contributed by atoms with Gasteiger partial charge in [-0.2, -0.15) is 5.10 Å². The van der Waals surface area contributed by atoms with E-state index in [0.29, 0.717) is 6.54 Å². The van der Waals surface area contributed by atoms with Crippen molar-refractivity contribution in [3.8, 4) is 17.3 Å². The number of nitrogens with zero attached hydrogens (tertiary/aromatic N) is 3. The fourth-order valence-corrected chi connectivity index (χ4v) is 3.80. The van der Waals surface area contributed by atoms with Gasteiger partial charge in [-0.15, -0.1) is 0 Å². The SMILES string of the molecule is COc1ccc2c(-c3nc4ccc(N5CCCC(O)C5)cc4[nH]3)n[nH]c2c1. The van der Waals surface area contributed by atoms with E-state index in [-0.39, 0.29) is 6.10 Å². The number of H-pyrrole nitrogens is 2. The van der Waals surface area contributed by atoms with Crippen molar-refractivity contribution in [2.45, 2.75) is 18.9 Å². The second-order valence-corrected chi connectivity index (χ2v) is 7.01. The van der Waals surface area contributed by atoms with Gasteiger partial charge in [0.2, 0.25) is 0 Å². The van der Waals surface area contributed by atoms with Crippen LogP contribution < -0.4 is 9.64 Å². The minimum Gasteiger partial charge on any atom is -0.497 e. The number of nitrogens with one attached hydrogen (secondary N) is 2. The number of hydrogen-bond acceptors (Lipinski definition) is 5. The number of methoxy groups -OCH3 is 1. The van der Waals surface area contributed by atoms with Crippen LogP contribution in [0, 0.1) is 0 Å². The molecule has 1 aliphatic rings. The van der Waals surface area contributed by atoms with Gasteiger partial charge in [-0.05, 0) is 43.2 Å². The third-order valence-corrected chi connectivity index (χ3v) is 5.22. The quantitative estimate of drug-likeness (QED) is 0.520. The normalized spacial score (nSPS) is 17.7. The zero-order valence-corrected chi connectivity index (χ0v) is 15.1. The van der Waals surface area contributed by atoms with Crippen LogP contribution in [-0.2, 0) is 0 Å². The van der Waals surface area contributed by atoms with E-state index in [2.05, 4.69) is 32.2 Å². The van der Waals surface area contributed by atoms with E-state index in [1.807, 2.05) is 24.3 Å². The molecular formula is C20H21N5O2. The number of anilines is 1. The molecule has 7 nitrogen and oxygen atoms in total. The third kappa shape index (κ3) is 2.80. The van der Waals surface area contributed by atoms with Gasteiger partial charge in [-0.1, -0.05) is 0 Å². The summed E-state index contributed by atoms with van der Waals surface area (Å²) in [6.07, 6.45) is 1.64. The number of fused-ring (bicyclic) bond motifs is 2. The molecule has 0 radical (unpaired) electrons. The van der Waals surface area contributed by atoms with Crippen LogP contribution in [0.4, 0.5) is 5.69 Å². The number of aromatic nitrogens is 4. The van der Waals surface area contributed by atoms with Gasteiger partial charge in [0.15, 0.2) is 5.82 Å².